The summed E-state index contributed by atoms with van der Waals surface area (Å²) < 4.78 is 0. The van der Waals surface area contributed by atoms with E-state index in [9.17, 15) is 0 Å². The minimum absolute atomic E-state index is 0.399. The highest BCUT2D eigenvalue weighted by Crippen LogP contribution is 2.63. The molecule has 1 heteroatoms. The minimum Gasteiger partial charge on any atom is -0.0888 e. The third-order valence-electron chi connectivity index (χ3n) is 10.7. The van der Waals surface area contributed by atoms with Crippen LogP contribution in [0.4, 0.5) is 0 Å². The number of rotatable bonds is 1. The maximum absolute atomic E-state index is 2.43. The molecule has 212 valence electrons. The molecule has 8 aromatic rings. The number of hydrogen-bond acceptors (Lipinski definition) is 1. The lowest BCUT2D eigenvalue weighted by atomic mass is 9.61. The molecular formula is C45H26S. The normalized spacial score (nSPS) is 16.3. The van der Waals surface area contributed by atoms with Crippen LogP contribution in [0.25, 0.3) is 66.1 Å². The van der Waals surface area contributed by atoms with Crippen molar-refractivity contribution in [2.45, 2.75) is 15.2 Å². The maximum Gasteiger partial charge on any atom is 0.0725 e. The molecule has 0 N–H and O–H groups in total. The summed E-state index contributed by atoms with van der Waals surface area (Å²) in [6.07, 6.45) is 0. The average molecular weight is 599 g/mol. The summed E-state index contributed by atoms with van der Waals surface area (Å²) >= 11 is 1.90. The molecule has 1 atom stereocenters. The molecule has 1 unspecified atom stereocenters. The van der Waals surface area contributed by atoms with Crippen LogP contribution in [0, 0.1) is 0 Å². The average Bonchev–Trinajstić information content (AvgIpc) is 3.41. The smallest absolute Gasteiger partial charge is 0.0725 e. The van der Waals surface area contributed by atoms with Gasteiger partial charge in [-0.2, -0.15) is 0 Å². The molecule has 1 heterocycles. The fourth-order valence-corrected chi connectivity index (χ4v) is 10.1. The van der Waals surface area contributed by atoms with Gasteiger partial charge >= 0.3 is 0 Å². The molecular weight excluding hydrogens is 573 g/mol. The lowest BCUT2D eigenvalue weighted by molar-refractivity contribution is 0.773. The van der Waals surface area contributed by atoms with Crippen molar-refractivity contribution in [2.75, 3.05) is 0 Å². The van der Waals surface area contributed by atoms with Crippen LogP contribution >= 0.6 is 11.8 Å². The van der Waals surface area contributed by atoms with Gasteiger partial charge in [-0.1, -0.05) is 157 Å². The first-order chi connectivity index (χ1) is 22.8. The highest BCUT2D eigenvalue weighted by atomic mass is 32.2. The van der Waals surface area contributed by atoms with Crippen LogP contribution in [0.5, 0.6) is 0 Å². The fourth-order valence-electron chi connectivity index (χ4n) is 8.95. The summed E-state index contributed by atoms with van der Waals surface area (Å²) in [5.41, 5.74) is 15.7. The molecule has 8 aromatic carbocycles. The Bertz CT molecular complexity index is 2610. The molecule has 0 aromatic heterocycles. The van der Waals surface area contributed by atoms with E-state index in [4.69, 9.17) is 0 Å². The van der Waals surface area contributed by atoms with E-state index in [1.807, 2.05) is 11.8 Å². The van der Waals surface area contributed by atoms with Gasteiger partial charge in [0, 0.05) is 15.2 Å². The molecule has 0 nitrogen and oxygen atoms in total. The van der Waals surface area contributed by atoms with Gasteiger partial charge in [0.05, 0.1) is 5.41 Å². The SMILES string of the molecule is c1ccc2c(c1)-c1c(-c3ccc4c(c3)Sc3cccc5cccc-4c35)cccc1C21c2ccccc2-c2cccc3cccc1c23. The number of fused-ring (bicyclic) bond motifs is 11. The van der Waals surface area contributed by atoms with Crippen LogP contribution in [0.15, 0.2) is 168 Å². The second-order valence-corrected chi connectivity index (χ2v) is 13.8. The molecule has 1 aliphatic heterocycles. The Morgan fingerprint density at radius 3 is 1.74 bits per heavy atom. The van der Waals surface area contributed by atoms with Crippen LogP contribution in [0.2, 0.25) is 0 Å². The first kappa shape index (κ1) is 24.9. The van der Waals surface area contributed by atoms with Gasteiger partial charge in [0.2, 0.25) is 0 Å². The van der Waals surface area contributed by atoms with Crippen LogP contribution in [0.3, 0.4) is 0 Å². The number of hydrogen-bond donors (Lipinski definition) is 0. The van der Waals surface area contributed by atoms with E-state index >= 15 is 0 Å². The van der Waals surface area contributed by atoms with Crippen LogP contribution in [-0.2, 0) is 5.41 Å². The summed E-state index contributed by atoms with van der Waals surface area (Å²) in [6.45, 7) is 0. The summed E-state index contributed by atoms with van der Waals surface area (Å²) in [5, 5.41) is 5.35. The summed E-state index contributed by atoms with van der Waals surface area (Å²) in [4.78, 5) is 2.66. The Morgan fingerprint density at radius 2 is 0.913 bits per heavy atom. The van der Waals surface area contributed by atoms with Crippen molar-refractivity contribution in [1.29, 1.82) is 0 Å². The summed E-state index contributed by atoms with van der Waals surface area (Å²) in [7, 11) is 0. The Morgan fingerprint density at radius 1 is 0.348 bits per heavy atom. The van der Waals surface area contributed by atoms with Crippen molar-refractivity contribution in [2.24, 2.45) is 0 Å². The van der Waals surface area contributed by atoms with Crippen LogP contribution in [0.1, 0.15) is 22.3 Å². The molecule has 0 radical (unpaired) electrons. The zero-order valence-corrected chi connectivity index (χ0v) is 25.7. The molecule has 2 aliphatic carbocycles. The summed E-state index contributed by atoms with van der Waals surface area (Å²) in [5.74, 6) is 0. The third kappa shape index (κ3) is 2.97. The highest BCUT2D eigenvalue weighted by molar-refractivity contribution is 7.99. The molecule has 46 heavy (non-hydrogen) atoms. The van der Waals surface area contributed by atoms with Gasteiger partial charge < -0.3 is 0 Å². The van der Waals surface area contributed by atoms with E-state index in [2.05, 4.69) is 158 Å². The van der Waals surface area contributed by atoms with E-state index in [-0.39, 0.29) is 0 Å². The van der Waals surface area contributed by atoms with E-state index in [1.165, 1.54) is 98.1 Å². The predicted octanol–water partition coefficient (Wildman–Crippen LogP) is 12.1. The molecule has 0 bridgehead atoms. The Hall–Kier alpha value is -5.37. The van der Waals surface area contributed by atoms with Gasteiger partial charge in [-0.3, -0.25) is 0 Å². The van der Waals surface area contributed by atoms with Crippen molar-refractivity contribution in [1.82, 2.24) is 0 Å². The van der Waals surface area contributed by atoms with Crippen molar-refractivity contribution in [3.8, 4) is 44.5 Å². The van der Waals surface area contributed by atoms with Gasteiger partial charge in [-0.05, 0) is 95.1 Å². The van der Waals surface area contributed by atoms with E-state index in [1.54, 1.807) is 0 Å². The molecule has 3 aliphatic rings. The molecule has 0 saturated heterocycles. The number of benzene rings is 8. The first-order valence-electron chi connectivity index (χ1n) is 16.0. The van der Waals surface area contributed by atoms with Gasteiger partial charge in [0.25, 0.3) is 0 Å². The fraction of sp³-hybridized carbons (Fsp3) is 0.0222. The van der Waals surface area contributed by atoms with Crippen molar-refractivity contribution >= 4 is 33.3 Å². The van der Waals surface area contributed by atoms with Crippen LogP contribution in [-0.4, -0.2) is 0 Å². The molecule has 0 amide bonds. The first-order valence-corrected chi connectivity index (χ1v) is 16.8. The predicted molar refractivity (Wildman–Crippen MR) is 193 cm³/mol. The quantitative estimate of drug-likeness (QED) is 0.181. The highest BCUT2D eigenvalue weighted by Gasteiger charge is 2.50. The molecule has 0 fully saturated rings. The van der Waals surface area contributed by atoms with E-state index in [0.717, 1.165) is 0 Å². The molecule has 11 rings (SSSR count). The lowest BCUT2D eigenvalue weighted by Gasteiger charge is -2.40. The topological polar surface area (TPSA) is 0 Å². The Labute approximate surface area is 272 Å². The van der Waals surface area contributed by atoms with E-state index in [0.29, 0.717) is 0 Å². The van der Waals surface area contributed by atoms with Crippen LogP contribution < -0.4 is 0 Å². The zero-order valence-electron chi connectivity index (χ0n) is 24.9. The Kier molecular flexibility index (Phi) is 4.80. The van der Waals surface area contributed by atoms with Gasteiger partial charge in [0.1, 0.15) is 0 Å². The Balaban J connectivity index is 1.21. The van der Waals surface area contributed by atoms with Crippen molar-refractivity contribution < 1.29 is 0 Å². The van der Waals surface area contributed by atoms with Gasteiger partial charge in [-0.15, -0.1) is 0 Å². The minimum atomic E-state index is -0.399. The lowest BCUT2D eigenvalue weighted by Crippen LogP contribution is -2.31. The standard InChI is InChI=1S/C45H26S/c1-3-19-36-31(14-1)33-17-5-10-27-12-7-21-38(42(27)33)45(36)37-20-4-2-15-35(37)44-30(16-9-22-39(44)45)29-24-25-32-34-18-6-11-28-13-8-23-40(43(28)34)46-41(32)26-29/h1-26H. The summed E-state index contributed by atoms with van der Waals surface area (Å²) in [6, 6.07) is 59.5. The van der Waals surface area contributed by atoms with Crippen molar-refractivity contribution in [3.63, 3.8) is 0 Å². The van der Waals surface area contributed by atoms with E-state index < -0.39 is 5.41 Å². The largest absolute Gasteiger partial charge is 0.0888 e. The van der Waals surface area contributed by atoms with Gasteiger partial charge in [0.15, 0.2) is 0 Å². The second kappa shape index (κ2) is 8.88. The molecule has 0 saturated carbocycles. The maximum atomic E-state index is 2.43. The second-order valence-electron chi connectivity index (χ2n) is 12.8. The van der Waals surface area contributed by atoms with Crippen molar-refractivity contribution in [3.05, 3.63) is 180 Å². The zero-order chi connectivity index (χ0) is 30.0. The third-order valence-corrected chi connectivity index (χ3v) is 11.8. The van der Waals surface area contributed by atoms with Gasteiger partial charge in [-0.25, -0.2) is 0 Å². The molecule has 1 spiro atoms. The monoisotopic (exact) mass is 598 g/mol.